The summed E-state index contributed by atoms with van der Waals surface area (Å²) in [6.45, 7) is 9.63. The van der Waals surface area contributed by atoms with Crippen LogP contribution in [0.1, 0.15) is 33.3 Å². The fourth-order valence-corrected chi connectivity index (χ4v) is 2.48. The van der Waals surface area contributed by atoms with Crippen LogP contribution in [-0.2, 0) is 6.42 Å². The molecule has 0 saturated carbocycles. The van der Waals surface area contributed by atoms with Gasteiger partial charge in [0, 0.05) is 15.4 Å². The molecule has 3 nitrogen and oxygen atoms in total. The fourth-order valence-electron chi connectivity index (χ4n) is 2.02. The van der Waals surface area contributed by atoms with Gasteiger partial charge in [-0.2, -0.15) is 0 Å². The maximum absolute atomic E-state index is 6.09. The standard InChI is InChI=1S/C15H22BrNO2/c1-14(2)8-18-12-5-10(7-15(3,4)17)11(16)6-13(12)19-9-14/h5-6H,7-9,17H2,1-4H3. The maximum Gasteiger partial charge on any atom is 0.162 e. The molecule has 0 unspecified atom stereocenters. The lowest BCUT2D eigenvalue weighted by molar-refractivity contribution is 0.140. The van der Waals surface area contributed by atoms with E-state index in [9.17, 15) is 0 Å². The van der Waals surface area contributed by atoms with Gasteiger partial charge in [0.1, 0.15) is 0 Å². The molecule has 0 aliphatic carbocycles. The summed E-state index contributed by atoms with van der Waals surface area (Å²) in [5.74, 6) is 1.61. The summed E-state index contributed by atoms with van der Waals surface area (Å²) in [6, 6.07) is 4.02. The van der Waals surface area contributed by atoms with Gasteiger partial charge in [-0.05, 0) is 38.0 Å². The molecule has 0 spiro atoms. The number of hydrogen-bond acceptors (Lipinski definition) is 3. The second-order valence-electron chi connectivity index (χ2n) is 6.80. The number of hydrogen-bond donors (Lipinski definition) is 1. The van der Waals surface area contributed by atoms with Gasteiger partial charge in [0.2, 0.25) is 0 Å². The molecular weight excluding hydrogens is 306 g/mol. The molecule has 0 saturated heterocycles. The lowest BCUT2D eigenvalue weighted by atomic mass is 9.96. The molecular formula is C15H22BrNO2. The number of fused-ring (bicyclic) bond motifs is 1. The molecule has 2 rings (SSSR count). The monoisotopic (exact) mass is 327 g/mol. The minimum Gasteiger partial charge on any atom is -0.489 e. The molecule has 4 heteroatoms. The molecule has 1 aromatic rings. The summed E-state index contributed by atoms with van der Waals surface area (Å²) in [4.78, 5) is 0. The Morgan fingerprint density at radius 1 is 1.21 bits per heavy atom. The van der Waals surface area contributed by atoms with E-state index in [1.165, 1.54) is 0 Å². The van der Waals surface area contributed by atoms with Crippen molar-refractivity contribution < 1.29 is 9.47 Å². The van der Waals surface area contributed by atoms with Crippen LogP contribution in [0.25, 0.3) is 0 Å². The van der Waals surface area contributed by atoms with Crippen molar-refractivity contribution in [3.63, 3.8) is 0 Å². The zero-order chi connectivity index (χ0) is 14.3. The van der Waals surface area contributed by atoms with Gasteiger partial charge in [0.25, 0.3) is 0 Å². The van der Waals surface area contributed by atoms with Gasteiger partial charge in [-0.25, -0.2) is 0 Å². The highest BCUT2D eigenvalue weighted by molar-refractivity contribution is 9.10. The van der Waals surface area contributed by atoms with Crippen LogP contribution in [0.5, 0.6) is 11.5 Å². The Labute approximate surface area is 123 Å². The molecule has 1 aromatic carbocycles. The van der Waals surface area contributed by atoms with Crippen LogP contribution in [0, 0.1) is 5.41 Å². The molecule has 0 amide bonds. The SMILES string of the molecule is CC(C)(N)Cc1cc2c(cc1Br)OCC(C)(C)CO2. The van der Waals surface area contributed by atoms with Crippen molar-refractivity contribution in [3.8, 4) is 11.5 Å². The predicted molar refractivity (Wildman–Crippen MR) is 80.9 cm³/mol. The first-order valence-electron chi connectivity index (χ1n) is 6.53. The minimum absolute atomic E-state index is 0.0266. The summed E-state index contributed by atoms with van der Waals surface area (Å²) in [5, 5.41) is 0. The van der Waals surface area contributed by atoms with E-state index in [1.807, 2.05) is 26.0 Å². The Hall–Kier alpha value is -0.740. The fraction of sp³-hybridized carbons (Fsp3) is 0.600. The van der Waals surface area contributed by atoms with Crippen LogP contribution in [0.3, 0.4) is 0 Å². The van der Waals surface area contributed by atoms with Crippen molar-refractivity contribution in [2.24, 2.45) is 11.1 Å². The van der Waals surface area contributed by atoms with Crippen molar-refractivity contribution in [3.05, 3.63) is 22.2 Å². The summed E-state index contributed by atoms with van der Waals surface area (Å²) < 4.78 is 12.8. The summed E-state index contributed by atoms with van der Waals surface area (Å²) in [7, 11) is 0. The van der Waals surface area contributed by atoms with Gasteiger partial charge < -0.3 is 15.2 Å². The smallest absolute Gasteiger partial charge is 0.162 e. The average Bonchev–Trinajstić information content (AvgIpc) is 2.38. The highest BCUT2D eigenvalue weighted by Crippen LogP contribution is 2.38. The zero-order valence-corrected chi connectivity index (χ0v) is 13.6. The van der Waals surface area contributed by atoms with Gasteiger partial charge in [0.05, 0.1) is 13.2 Å². The van der Waals surface area contributed by atoms with Crippen molar-refractivity contribution in [2.45, 2.75) is 39.7 Å². The quantitative estimate of drug-likeness (QED) is 0.903. The van der Waals surface area contributed by atoms with Crippen molar-refractivity contribution in [2.75, 3.05) is 13.2 Å². The molecule has 0 atom stereocenters. The molecule has 1 aliphatic rings. The van der Waals surface area contributed by atoms with Crippen molar-refractivity contribution in [1.29, 1.82) is 0 Å². The van der Waals surface area contributed by atoms with Crippen molar-refractivity contribution in [1.82, 2.24) is 0 Å². The van der Waals surface area contributed by atoms with Crippen molar-refractivity contribution >= 4 is 15.9 Å². The molecule has 106 valence electrons. The van der Waals surface area contributed by atoms with Gasteiger partial charge in [0.15, 0.2) is 11.5 Å². The van der Waals surface area contributed by atoms with E-state index >= 15 is 0 Å². The summed E-state index contributed by atoms with van der Waals surface area (Å²) >= 11 is 3.59. The van der Waals surface area contributed by atoms with E-state index in [4.69, 9.17) is 15.2 Å². The lowest BCUT2D eigenvalue weighted by Gasteiger charge is -2.20. The van der Waals surface area contributed by atoms with Gasteiger partial charge in [-0.3, -0.25) is 0 Å². The Kier molecular flexibility index (Phi) is 3.85. The first kappa shape index (κ1) is 14.7. The van der Waals surface area contributed by atoms with Gasteiger partial charge in [-0.1, -0.05) is 29.8 Å². The van der Waals surface area contributed by atoms with E-state index in [0.29, 0.717) is 13.2 Å². The van der Waals surface area contributed by atoms with Crippen LogP contribution in [0.2, 0.25) is 0 Å². The summed E-state index contributed by atoms with van der Waals surface area (Å²) in [5.41, 5.74) is 7.02. The second kappa shape index (κ2) is 4.98. The van der Waals surface area contributed by atoms with E-state index in [2.05, 4.69) is 29.8 Å². The normalized spacial score (nSPS) is 18.0. The number of nitrogens with two attached hydrogens (primary N) is 1. The first-order valence-corrected chi connectivity index (χ1v) is 7.33. The molecule has 1 aliphatic heterocycles. The second-order valence-corrected chi connectivity index (χ2v) is 7.65. The van der Waals surface area contributed by atoms with E-state index < -0.39 is 0 Å². The number of halogens is 1. The third kappa shape index (κ3) is 3.86. The lowest BCUT2D eigenvalue weighted by Crippen LogP contribution is -2.34. The number of rotatable bonds is 2. The maximum atomic E-state index is 6.09. The van der Waals surface area contributed by atoms with Crippen LogP contribution in [-0.4, -0.2) is 18.8 Å². The largest absolute Gasteiger partial charge is 0.489 e. The average molecular weight is 328 g/mol. The first-order chi connectivity index (χ1) is 8.66. The van der Waals surface area contributed by atoms with Crippen LogP contribution < -0.4 is 15.2 Å². The number of benzene rings is 1. The highest BCUT2D eigenvalue weighted by Gasteiger charge is 2.26. The third-order valence-corrected chi connectivity index (χ3v) is 3.73. The Morgan fingerprint density at radius 3 is 2.26 bits per heavy atom. The Bertz CT molecular complexity index is 478. The molecule has 19 heavy (non-hydrogen) atoms. The Morgan fingerprint density at radius 2 is 1.74 bits per heavy atom. The molecule has 0 bridgehead atoms. The van der Waals surface area contributed by atoms with Gasteiger partial charge in [-0.15, -0.1) is 0 Å². The molecule has 0 radical (unpaired) electrons. The summed E-state index contributed by atoms with van der Waals surface area (Å²) in [6.07, 6.45) is 0.785. The third-order valence-electron chi connectivity index (χ3n) is 3.00. The highest BCUT2D eigenvalue weighted by atomic mass is 79.9. The zero-order valence-electron chi connectivity index (χ0n) is 12.0. The minimum atomic E-state index is -0.248. The molecule has 0 aromatic heterocycles. The van der Waals surface area contributed by atoms with Gasteiger partial charge >= 0.3 is 0 Å². The van der Waals surface area contributed by atoms with Crippen LogP contribution >= 0.6 is 15.9 Å². The van der Waals surface area contributed by atoms with E-state index in [1.54, 1.807) is 0 Å². The topological polar surface area (TPSA) is 44.5 Å². The molecule has 1 heterocycles. The van der Waals surface area contributed by atoms with Crippen LogP contribution in [0.4, 0.5) is 0 Å². The Balaban J connectivity index is 2.31. The predicted octanol–water partition coefficient (Wildman–Crippen LogP) is 3.53. The molecule has 2 N–H and O–H groups in total. The van der Waals surface area contributed by atoms with E-state index in [-0.39, 0.29) is 11.0 Å². The molecule has 0 fully saturated rings. The number of ether oxygens (including phenoxy) is 2. The van der Waals surface area contributed by atoms with E-state index in [0.717, 1.165) is 28.0 Å². The van der Waals surface area contributed by atoms with Crippen LogP contribution in [0.15, 0.2) is 16.6 Å².